The van der Waals surface area contributed by atoms with Crippen LogP contribution in [-0.2, 0) is 21.2 Å². The van der Waals surface area contributed by atoms with Gasteiger partial charge in [-0.1, -0.05) is 62.7 Å². The molecule has 0 aliphatic carbocycles. The maximum Gasteiger partial charge on any atom is 0.317 e. The van der Waals surface area contributed by atoms with Gasteiger partial charge in [-0.3, -0.25) is 4.79 Å². The highest BCUT2D eigenvalue weighted by molar-refractivity contribution is 7.89. The van der Waals surface area contributed by atoms with Gasteiger partial charge in [-0.05, 0) is 59.4 Å². The fourth-order valence-electron chi connectivity index (χ4n) is 4.83. The van der Waals surface area contributed by atoms with Gasteiger partial charge in [-0.2, -0.15) is 4.31 Å². The van der Waals surface area contributed by atoms with E-state index in [0.717, 1.165) is 16.3 Å². The minimum absolute atomic E-state index is 0.0498. The van der Waals surface area contributed by atoms with Crippen LogP contribution in [0.1, 0.15) is 38.7 Å². The molecule has 3 aromatic carbocycles. The molecule has 3 rings (SSSR count). The molecule has 11 heteroatoms. The van der Waals surface area contributed by atoms with E-state index >= 15 is 0 Å². The molecule has 10 nitrogen and oxygen atoms in total. The van der Waals surface area contributed by atoms with Crippen molar-refractivity contribution in [3.05, 3.63) is 72.3 Å². The zero-order chi connectivity index (χ0) is 31.6. The van der Waals surface area contributed by atoms with Crippen molar-refractivity contribution >= 4 is 38.4 Å². The molecule has 3 aromatic rings. The van der Waals surface area contributed by atoms with E-state index < -0.39 is 22.1 Å². The summed E-state index contributed by atoms with van der Waals surface area (Å²) in [6.45, 7) is 4.14. The van der Waals surface area contributed by atoms with E-state index in [1.807, 2.05) is 56.3 Å². The fraction of sp³-hybridized carbons (Fsp3) is 0.438. The molecule has 5 N–H and O–H groups in total. The third-order valence-electron chi connectivity index (χ3n) is 7.19. The number of fused-ring (bicyclic) bond motifs is 1. The first-order valence-corrected chi connectivity index (χ1v) is 16.1. The van der Waals surface area contributed by atoms with Gasteiger partial charge in [0.05, 0.1) is 11.5 Å². The summed E-state index contributed by atoms with van der Waals surface area (Å²) in [5, 5.41) is 18.1. The Bertz CT molecular complexity index is 1460. The van der Waals surface area contributed by atoms with Crippen molar-refractivity contribution in [2.45, 2.75) is 56.5 Å². The number of benzene rings is 3. The number of aliphatic hydroxyl groups is 1. The highest BCUT2D eigenvalue weighted by atomic mass is 32.2. The second kappa shape index (κ2) is 15.7. The van der Waals surface area contributed by atoms with Crippen LogP contribution < -0.4 is 16.4 Å². The number of amides is 3. The summed E-state index contributed by atoms with van der Waals surface area (Å²) in [6.07, 6.45) is 1.90. The lowest BCUT2D eigenvalue weighted by molar-refractivity contribution is -0.122. The van der Waals surface area contributed by atoms with E-state index in [0.29, 0.717) is 37.9 Å². The molecule has 2 atom stereocenters. The molecule has 43 heavy (non-hydrogen) atoms. The third-order valence-corrected chi connectivity index (χ3v) is 9.12. The van der Waals surface area contributed by atoms with Crippen LogP contribution in [-0.4, -0.2) is 80.5 Å². The number of nitrogens with two attached hydrogens (primary N) is 1. The minimum Gasteiger partial charge on any atom is -0.399 e. The lowest BCUT2D eigenvalue weighted by atomic mass is 10.0. The van der Waals surface area contributed by atoms with Gasteiger partial charge >= 0.3 is 6.03 Å². The topological polar surface area (TPSA) is 145 Å². The number of aliphatic hydroxyl groups excluding tert-OH is 1. The second-order valence-electron chi connectivity index (χ2n) is 11.4. The maximum atomic E-state index is 13.5. The molecule has 0 unspecified atom stereocenters. The van der Waals surface area contributed by atoms with Crippen LogP contribution in [0.2, 0.25) is 0 Å². The van der Waals surface area contributed by atoms with Crippen molar-refractivity contribution in [2.24, 2.45) is 5.92 Å². The van der Waals surface area contributed by atoms with Gasteiger partial charge in [-0.15, -0.1) is 0 Å². The minimum atomic E-state index is -3.85. The van der Waals surface area contributed by atoms with Crippen LogP contribution in [0.25, 0.3) is 10.8 Å². The number of carbonyl (C=O) groups is 2. The van der Waals surface area contributed by atoms with Crippen molar-refractivity contribution in [2.75, 3.05) is 39.5 Å². The Morgan fingerprint density at radius 2 is 1.63 bits per heavy atom. The van der Waals surface area contributed by atoms with Crippen LogP contribution in [0.15, 0.2) is 71.6 Å². The summed E-state index contributed by atoms with van der Waals surface area (Å²) < 4.78 is 28.3. The molecule has 3 amide bonds. The van der Waals surface area contributed by atoms with Crippen LogP contribution in [0.3, 0.4) is 0 Å². The maximum absolute atomic E-state index is 13.5. The molecule has 234 valence electrons. The van der Waals surface area contributed by atoms with Crippen LogP contribution in [0.4, 0.5) is 10.5 Å². The molecular weight excluding hydrogens is 566 g/mol. The smallest absolute Gasteiger partial charge is 0.317 e. The van der Waals surface area contributed by atoms with E-state index in [1.54, 1.807) is 26.2 Å². The summed E-state index contributed by atoms with van der Waals surface area (Å²) in [6, 6.07) is 18.2. The highest BCUT2D eigenvalue weighted by Gasteiger charge is 2.31. The Hall–Kier alpha value is -3.67. The first kappa shape index (κ1) is 33.8. The summed E-state index contributed by atoms with van der Waals surface area (Å²) >= 11 is 0. The molecule has 0 bridgehead atoms. The number of sulfonamides is 1. The number of hydrogen-bond donors (Lipinski definition) is 4. The number of carbonyl (C=O) groups excluding carboxylic acids is 2. The standard InChI is InChI=1S/C32H45N5O5S/c1-23(2)21-37(43(41,42)29-16-14-27(33)15-17-29)28(22-38)11-7-8-18-34-31(39)30(35-32(40)36(3)4)20-24-12-13-25-9-5-6-10-26(25)19-24/h5-6,9-10,12-17,19,23,28,30,38H,7-8,11,18,20-22,33H2,1-4H3,(H,34,39)(H,35,40)/t28-,30-/m0/s1. The SMILES string of the molecule is CC(C)CN([C@H](CO)CCCCNC(=O)[C@H](Cc1ccc2ccccc2c1)NC(=O)N(C)C)S(=O)(=O)c1ccc(N)cc1. The van der Waals surface area contributed by atoms with Crippen molar-refractivity contribution in [3.63, 3.8) is 0 Å². The predicted molar refractivity (Wildman–Crippen MR) is 171 cm³/mol. The van der Waals surface area contributed by atoms with Gasteiger partial charge in [0.1, 0.15) is 6.04 Å². The van der Waals surface area contributed by atoms with E-state index in [1.165, 1.54) is 21.3 Å². The Labute approximate surface area is 255 Å². The highest BCUT2D eigenvalue weighted by Crippen LogP contribution is 2.23. The monoisotopic (exact) mass is 611 g/mol. The number of hydrogen-bond acceptors (Lipinski definition) is 6. The predicted octanol–water partition coefficient (Wildman–Crippen LogP) is 3.60. The van der Waals surface area contributed by atoms with Crippen LogP contribution in [0, 0.1) is 5.92 Å². The summed E-state index contributed by atoms with van der Waals surface area (Å²) in [5.74, 6) is -0.247. The average Bonchev–Trinajstić information content (AvgIpc) is 2.97. The molecule has 0 radical (unpaired) electrons. The molecule has 0 spiro atoms. The van der Waals surface area contributed by atoms with Crippen LogP contribution >= 0.6 is 0 Å². The largest absolute Gasteiger partial charge is 0.399 e. The lowest BCUT2D eigenvalue weighted by Crippen LogP contribution is -2.51. The van der Waals surface area contributed by atoms with Crippen molar-refractivity contribution in [1.82, 2.24) is 19.8 Å². The Kier molecular flexibility index (Phi) is 12.4. The van der Waals surface area contributed by atoms with Crippen molar-refractivity contribution in [1.29, 1.82) is 0 Å². The Morgan fingerprint density at radius 1 is 0.953 bits per heavy atom. The van der Waals surface area contributed by atoms with Gasteiger partial charge in [0.2, 0.25) is 15.9 Å². The van der Waals surface area contributed by atoms with Crippen LogP contribution in [0.5, 0.6) is 0 Å². The third kappa shape index (κ3) is 9.67. The van der Waals surface area contributed by atoms with E-state index in [2.05, 4.69) is 10.6 Å². The lowest BCUT2D eigenvalue weighted by Gasteiger charge is -2.31. The molecule has 0 fully saturated rings. The molecule has 0 aliphatic heterocycles. The summed E-state index contributed by atoms with van der Waals surface area (Å²) in [4.78, 5) is 27.1. The van der Waals surface area contributed by atoms with Gasteiger partial charge in [0.15, 0.2) is 0 Å². The van der Waals surface area contributed by atoms with Gasteiger partial charge in [-0.25, -0.2) is 13.2 Å². The molecule has 0 saturated heterocycles. The quantitative estimate of drug-likeness (QED) is 0.153. The normalized spacial score (nSPS) is 13.2. The second-order valence-corrected chi connectivity index (χ2v) is 13.3. The van der Waals surface area contributed by atoms with Gasteiger partial charge in [0.25, 0.3) is 0 Å². The molecule has 0 aliphatic rings. The number of nitrogen functional groups attached to an aromatic ring is 1. The number of nitrogens with one attached hydrogen (secondary N) is 2. The van der Waals surface area contributed by atoms with E-state index in [-0.39, 0.29) is 35.9 Å². The molecule has 0 saturated carbocycles. The molecule has 0 heterocycles. The number of unbranched alkanes of at least 4 members (excludes halogenated alkanes) is 1. The molecule has 0 aromatic heterocycles. The van der Waals surface area contributed by atoms with E-state index in [9.17, 15) is 23.1 Å². The summed E-state index contributed by atoms with van der Waals surface area (Å²) in [7, 11) is -0.612. The molecular formula is C32H45N5O5S. The number of rotatable bonds is 15. The van der Waals surface area contributed by atoms with Crippen molar-refractivity contribution < 1.29 is 23.1 Å². The zero-order valence-corrected chi connectivity index (χ0v) is 26.3. The van der Waals surface area contributed by atoms with Gasteiger partial charge < -0.3 is 26.4 Å². The van der Waals surface area contributed by atoms with Gasteiger partial charge in [0, 0.05) is 45.3 Å². The fourth-order valence-corrected chi connectivity index (χ4v) is 6.64. The zero-order valence-electron chi connectivity index (χ0n) is 25.5. The number of nitrogens with zero attached hydrogens (tertiary/aromatic N) is 2. The first-order chi connectivity index (χ1) is 20.4. The summed E-state index contributed by atoms with van der Waals surface area (Å²) in [5.41, 5.74) is 7.14. The van der Waals surface area contributed by atoms with Crippen molar-refractivity contribution in [3.8, 4) is 0 Å². The van der Waals surface area contributed by atoms with E-state index in [4.69, 9.17) is 5.73 Å². The number of anilines is 1. The Balaban J connectivity index is 1.61. The average molecular weight is 612 g/mol. The first-order valence-electron chi connectivity index (χ1n) is 14.6. The number of urea groups is 1. The Morgan fingerprint density at radius 3 is 2.26 bits per heavy atom.